The molecule has 2 radical (unpaired) electrons. The maximum atomic E-state index is 5.25. The third-order valence-corrected chi connectivity index (χ3v) is 0.670. The molecule has 1 nitrogen and oxygen atoms in total. The van der Waals surface area contributed by atoms with Gasteiger partial charge >= 0.3 is 0 Å². The van der Waals surface area contributed by atoms with Crippen LogP contribution in [0.2, 0.25) is 0 Å². The van der Waals surface area contributed by atoms with Crippen LogP contribution < -0.4 is 5.73 Å². The van der Waals surface area contributed by atoms with Gasteiger partial charge in [0.05, 0.1) is 0 Å². The molecule has 0 saturated carbocycles. The molecule has 1 rings (SSSR count). The molecule has 0 aliphatic carbocycles. The number of benzene rings is 1. The van der Waals surface area contributed by atoms with Crippen molar-refractivity contribution in [2.45, 2.75) is 0 Å². The van der Waals surface area contributed by atoms with Crippen LogP contribution in [0.4, 0.5) is 5.69 Å². The monoisotopic (exact) mass is 91.0 g/mol. The number of nitrogen functional groups attached to an aromatic ring is 1. The predicted octanol–water partition coefficient (Wildman–Crippen LogP) is 0.869. The molecule has 0 aliphatic rings. The van der Waals surface area contributed by atoms with Gasteiger partial charge in [0, 0.05) is 17.8 Å². The maximum absolute atomic E-state index is 5.25. The van der Waals surface area contributed by atoms with E-state index in [1.807, 2.05) is 6.07 Å². The normalized spacial score (nSPS) is 8.57. The van der Waals surface area contributed by atoms with Gasteiger partial charge in [0.2, 0.25) is 0 Å². The molecule has 0 bridgehead atoms. The fourth-order valence-corrected chi connectivity index (χ4v) is 0.366. The average Bonchev–Trinajstić information content (AvgIpc) is 1.69. The number of nitrogens with two attached hydrogens (primary N) is 1. The van der Waals surface area contributed by atoms with Crippen molar-refractivity contribution < 1.29 is 0 Å². The van der Waals surface area contributed by atoms with Crippen molar-refractivity contribution >= 4 is 5.69 Å². The van der Waals surface area contributed by atoms with Crippen LogP contribution in [-0.2, 0) is 0 Å². The summed E-state index contributed by atoms with van der Waals surface area (Å²) in [6.07, 6.45) is 0. The van der Waals surface area contributed by atoms with E-state index in [1.165, 1.54) is 0 Å². The first-order valence-corrected chi connectivity index (χ1v) is 2.03. The van der Waals surface area contributed by atoms with Gasteiger partial charge < -0.3 is 5.73 Å². The summed E-state index contributed by atoms with van der Waals surface area (Å²) >= 11 is 0. The molecule has 0 spiro atoms. The molecular formula is C6H5N. The summed E-state index contributed by atoms with van der Waals surface area (Å²) in [6, 6.07) is 10.8. The highest BCUT2D eigenvalue weighted by Crippen LogP contribution is 1.93. The average molecular weight is 91.1 g/mol. The molecule has 0 fully saturated rings. The first-order valence-electron chi connectivity index (χ1n) is 2.03. The molecule has 34 valence electrons. The number of anilines is 1. The molecule has 0 saturated heterocycles. The van der Waals surface area contributed by atoms with Crippen molar-refractivity contribution in [3.8, 4) is 0 Å². The van der Waals surface area contributed by atoms with Crippen molar-refractivity contribution in [3.63, 3.8) is 0 Å². The second-order valence-electron chi connectivity index (χ2n) is 1.23. The Balaban J connectivity index is 3.02. The molecule has 0 unspecified atom stereocenters. The second-order valence-corrected chi connectivity index (χ2v) is 1.23. The lowest BCUT2D eigenvalue weighted by Crippen LogP contribution is -1.80. The van der Waals surface area contributed by atoms with Gasteiger partial charge in [-0.1, -0.05) is 18.2 Å². The minimum atomic E-state index is 0.572. The van der Waals surface area contributed by atoms with E-state index in [-0.39, 0.29) is 0 Å². The van der Waals surface area contributed by atoms with Crippen molar-refractivity contribution in [2.24, 2.45) is 0 Å². The van der Waals surface area contributed by atoms with E-state index in [4.69, 9.17) is 5.73 Å². The molecule has 0 aromatic heterocycles. The summed E-state index contributed by atoms with van der Waals surface area (Å²) in [4.78, 5) is 0. The van der Waals surface area contributed by atoms with Crippen LogP contribution in [0.3, 0.4) is 0 Å². The zero-order chi connectivity index (χ0) is 5.11. The summed E-state index contributed by atoms with van der Waals surface area (Å²) in [5.41, 5.74) is 5.82. The number of para-hydroxylation sites is 1. The maximum Gasteiger partial charge on any atom is 0.0474 e. The minimum absolute atomic E-state index is 0.572. The van der Waals surface area contributed by atoms with E-state index in [1.54, 1.807) is 12.1 Å². The van der Waals surface area contributed by atoms with E-state index in [2.05, 4.69) is 12.1 Å². The van der Waals surface area contributed by atoms with Crippen LogP contribution in [-0.4, -0.2) is 0 Å². The summed E-state index contributed by atoms with van der Waals surface area (Å²) in [6.45, 7) is 0. The summed E-state index contributed by atoms with van der Waals surface area (Å²) in [5, 5.41) is 0. The molecule has 1 heteroatoms. The third-order valence-electron chi connectivity index (χ3n) is 0.670. The van der Waals surface area contributed by atoms with E-state index < -0.39 is 0 Å². The lowest BCUT2D eigenvalue weighted by Gasteiger charge is -1.81. The highest BCUT2D eigenvalue weighted by Gasteiger charge is 1.74. The van der Waals surface area contributed by atoms with Gasteiger partial charge in [-0.15, -0.1) is 0 Å². The molecule has 0 amide bonds. The van der Waals surface area contributed by atoms with Crippen LogP contribution in [0.25, 0.3) is 0 Å². The fourth-order valence-electron chi connectivity index (χ4n) is 0.366. The molecule has 0 heterocycles. The van der Waals surface area contributed by atoms with E-state index in [0.29, 0.717) is 5.69 Å². The summed E-state index contributed by atoms with van der Waals surface area (Å²) < 4.78 is 0. The van der Waals surface area contributed by atoms with Crippen molar-refractivity contribution in [1.82, 2.24) is 0 Å². The third kappa shape index (κ3) is 0.929. The lowest BCUT2D eigenvalue weighted by molar-refractivity contribution is 1.66. The largest absolute Gasteiger partial charge is 0.398 e. The zero-order valence-corrected chi connectivity index (χ0v) is 3.81. The Morgan fingerprint density at radius 2 is 1.86 bits per heavy atom. The SMILES string of the molecule is Nc1[c]ccc[c]1. The Bertz CT molecular complexity index is 134. The van der Waals surface area contributed by atoms with Crippen LogP contribution >= 0.6 is 0 Å². The van der Waals surface area contributed by atoms with Gasteiger partial charge in [-0.3, -0.25) is 0 Å². The van der Waals surface area contributed by atoms with E-state index in [9.17, 15) is 0 Å². The van der Waals surface area contributed by atoms with Gasteiger partial charge in [-0.25, -0.2) is 0 Å². The van der Waals surface area contributed by atoms with Crippen LogP contribution in [0.1, 0.15) is 0 Å². The van der Waals surface area contributed by atoms with E-state index >= 15 is 0 Å². The van der Waals surface area contributed by atoms with Gasteiger partial charge in [-0.2, -0.15) is 0 Å². The Kier molecular flexibility index (Phi) is 0.984. The smallest absolute Gasteiger partial charge is 0.0474 e. The molecule has 0 atom stereocenters. The number of rotatable bonds is 0. The van der Waals surface area contributed by atoms with Gasteiger partial charge in [0.1, 0.15) is 0 Å². The predicted molar refractivity (Wildman–Crippen MR) is 28.5 cm³/mol. The topological polar surface area (TPSA) is 26.0 Å². The molecule has 1 aromatic carbocycles. The minimum Gasteiger partial charge on any atom is -0.398 e. The van der Waals surface area contributed by atoms with Crippen molar-refractivity contribution in [2.75, 3.05) is 5.73 Å². The first-order chi connectivity index (χ1) is 3.39. The standard InChI is InChI=1S/C6H5N/c7-6-4-2-1-3-5-6/h1-3H,7H2. The molecular weight excluding hydrogens is 86.1 g/mol. The zero-order valence-electron chi connectivity index (χ0n) is 3.81. The highest BCUT2D eigenvalue weighted by atomic mass is 14.5. The van der Waals surface area contributed by atoms with E-state index in [0.717, 1.165) is 0 Å². The number of hydrogen-bond donors (Lipinski definition) is 1. The van der Waals surface area contributed by atoms with Crippen LogP contribution in [0.5, 0.6) is 0 Å². The van der Waals surface area contributed by atoms with Gasteiger partial charge in [0.25, 0.3) is 0 Å². The van der Waals surface area contributed by atoms with Crippen LogP contribution in [0.15, 0.2) is 18.2 Å². The Labute approximate surface area is 42.8 Å². The van der Waals surface area contributed by atoms with Gasteiger partial charge in [0.15, 0.2) is 0 Å². The summed E-state index contributed by atoms with van der Waals surface area (Å²) in [5.74, 6) is 0. The molecule has 0 aliphatic heterocycles. The lowest BCUT2D eigenvalue weighted by atomic mass is 10.3. The van der Waals surface area contributed by atoms with Crippen LogP contribution in [0, 0.1) is 12.1 Å². The molecule has 2 N–H and O–H groups in total. The Hall–Kier alpha value is -0.980. The Morgan fingerprint density at radius 3 is 2.14 bits per heavy atom. The number of hydrogen-bond acceptors (Lipinski definition) is 1. The van der Waals surface area contributed by atoms with Gasteiger partial charge in [-0.05, 0) is 0 Å². The highest BCUT2D eigenvalue weighted by molar-refractivity contribution is 5.32. The fraction of sp³-hybridized carbons (Fsp3) is 0. The van der Waals surface area contributed by atoms with Crippen molar-refractivity contribution in [1.29, 1.82) is 0 Å². The van der Waals surface area contributed by atoms with Crippen molar-refractivity contribution in [3.05, 3.63) is 30.3 Å². The Morgan fingerprint density at radius 1 is 1.29 bits per heavy atom. The molecule has 7 heavy (non-hydrogen) atoms. The first kappa shape index (κ1) is 4.19. The molecule has 1 aromatic rings. The summed E-state index contributed by atoms with van der Waals surface area (Å²) in [7, 11) is 0. The second kappa shape index (κ2) is 1.65. The quantitative estimate of drug-likeness (QED) is 0.471.